The van der Waals surface area contributed by atoms with Crippen molar-refractivity contribution in [1.82, 2.24) is 0 Å². The van der Waals surface area contributed by atoms with E-state index >= 15 is 0 Å². The van der Waals surface area contributed by atoms with Gasteiger partial charge >= 0.3 is 0 Å². The Morgan fingerprint density at radius 3 is 1.75 bits per heavy atom. The molecule has 0 saturated heterocycles. The van der Waals surface area contributed by atoms with E-state index in [9.17, 15) is 0 Å². The molecule has 2 N–H and O–H groups in total. The van der Waals surface area contributed by atoms with Crippen LogP contribution in [0.4, 0.5) is 11.4 Å². The maximum atomic E-state index is 3.14. The largest absolute Gasteiger partial charge is 0.301 e. The lowest BCUT2D eigenvalue weighted by atomic mass is 10.2. The molecule has 0 unspecified atom stereocenters. The fraction of sp³-hybridized carbons (Fsp3) is 0.0769. The SMILES string of the molecule is Cc1ccc(NNc2ccccc2)cc1.Cl. The average Bonchev–Trinajstić information content (AvgIpc) is 2.30. The van der Waals surface area contributed by atoms with Crippen LogP contribution in [0.2, 0.25) is 0 Å². The Morgan fingerprint density at radius 1 is 0.688 bits per heavy atom. The van der Waals surface area contributed by atoms with Gasteiger partial charge in [-0.3, -0.25) is 0 Å². The third-order valence-corrected chi connectivity index (χ3v) is 2.18. The molecule has 0 aromatic heterocycles. The molecular formula is C13H15ClN2. The van der Waals surface area contributed by atoms with Gasteiger partial charge in [-0.05, 0) is 31.2 Å². The summed E-state index contributed by atoms with van der Waals surface area (Å²) in [5.74, 6) is 0. The first-order valence-electron chi connectivity index (χ1n) is 4.98. The lowest BCUT2D eigenvalue weighted by Gasteiger charge is -2.09. The molecule has 2 aromatic rings. The van der Waals surface area contributed by atoms with Crippen LogP contribution in [-0.2, 0) is 0 Å². The van der Waals surface area contributed by atoms with Crippen LogP contribution in [0, 0.1) is 6.92 Å². The van der Waals surface area contributed by atoms with Crippen molar-refractivity contribution in [2.75, 3.05) is 10.9 Å². The second-order valence-electron chi connectivity index (χ2n) is 3.48. The quantitative estimate of drug-likeness (QED) is 0.789. The minimum absolute atomic E-state index is 0. The van der Waals surface area contributed by atoms with Gasteiger partial charge in [0.15, 0.2) is 0 Å². The molecule has 3 heteroatoms. The Morgan fingerprint density at radius 2 is 1.19 bits per heavy atom. The van der Waals surface area contributed by atoms with E-state index < -0.39 is 0 Å². The molecule has 0 amide bonds. The zero-order valence-corrected chi connectivity index (χ0v) is 9.92. The second-order valence-corrected chi connectivity index (χ2v) is 3.48. The van der Waals surface area contributed by atoms with E-state index in [-0.39, 0.29) is 12.4 Å². The monoisotopic (exact) mass is 234 g/mol. The number of para-hydroxylation sites is 1. The third-order valence-electron chi connectivity index (χ3n) is 2.18. The van der Waals surface area contributed by atoms with Gasteiger partial charge in [-0.1, -0.05) is 35.9 Å². The fourth-order valence-electron chi connectivity index (χ4n) is 1.30. The number of anilines is 2. The van der Waals surface area contributed by atoms with Crippen LogP contribution in [0.25, 0.3) is 0 Å². The number of hydrogen-bond donors (Lipinski definition) is 2. The number of rotatable bonds is 3. The van der Waals surface area contributed by atoms with Gasteiger partial charge in [0.25, 0.3) is 0 Å². The number of aryl methyl sites for hydroxylation is 1. The summed E-state index contributed by atoms with van der Waals surface area (Å²) in [7, 11) is 0. The molecule has 0 bridgehead atoms. The Kier molecular flexibility index (Phi) is 4.67. The first-order valence-corrected chi connectivity index (χ1v) is 4.98. The van der Waals surface area contributed by atoms with Crippen LogP contribution in [0.15, 0.2) is 54.6 Å². The lowest BCUT2D eigenvalue weighted by Crippen LogP contribution is -2.07. The van der Waals surface area contributed by atoms with Crippen molar-refractivity contribution in [2.45, 2.75) is 6.92 Å². The van der Waals surface area contributed by atoms with E-state index in [4.69, 9.17) is 0 Å². The van der Waals surface area contributed by atoms with Crippen LogP contribution in [-0.4, -0.2) is 0 Å². The number of hydrazine groups is 1. The minimum Gasteiger partial charge on any atom is -0.301 e. The van der Waals surface area contributed by atoms with Crippen LogP contribution in [0.1, 0.15) is 5.56 Å². The van der Waals surface area contributed by atoms with Crippen molar-refractivity contribution in [3.63, 3.8) is 0 Å². The molecule has 0 aliphatic carbocycles. The smallest absolute Gasteiger partial charge is 0.0540 e. The molecule has 0 aliphatic heterocycles. The van der Waals surface area contributed by atoms with Crippen molar-refractivity contribution in [3.8, 4) is 0 Å². The van der Waals surface area contributed by atoms with Gasteiger partial charge in [0.2, 0.25) is 0 Å². The van der Waals surface area contributed by atoms with Crippen molar-refractivity contribution in [2.24, 2.45) is 0 Å². The van der Waals surface area contributed by atoms with Crippen molar-refractivity contribution in [3.05, 3.63) is 60.2 Å². The molecule has 0 spiro atoms. The molecule has 16 heavy (non-hydrogen) atoms. The van der Waals surface area contributed by atoms with E-state index in [2.05, 4.69) is 29.9 Å². The topological polar surface area (TPSA) is 24.1 Å². The Balaban J connectivity index is 0.00000128. The molecule has 0 aliphatic rings. The molecule has 0 radical (unpaired) electrons. The summed E-state index contributed by atoms with van der Waals surface area (Å²) in [5.41, 5.74) is 9.65. The summed E-state index contributed by atoms with van der Waals surface area (Å²) in [4.78, 5) is 0. The summed E-state index contributed by atoms with van der Waals surface area (Å²) in [6, 6.07) is 18.3. The molecular weight excluding hydrogens is 220 g/mol. The second kappa shape index (κ2) is 6.03. The van der Waals surface area contributed by atoms with Gasteiger partial charge in [0, 0.05) is 0 Å². The number of benzene rings is 2. The van der Waals surface area contributed by atoms with Gasteiger partial charge in [-0.2, -0.15) is 0 Å². The molecule has 2 rings (SSSR count). The van der Waals surface area contributed by atoms with Crippen molar-refractivity contribution in [1.29, 1.82) is 0 Å². The molecule has 0 atom stereocenters. The summed E-state index contributed by atoms with van der Waals surface area (Å²) >= 11 is 0. The van der Waals surface area contributed by atoms with Gasteiger partial charge in [0.05, 0.1) is 11.4 Å². The van der Waals surface area contributed by atoms with E-state index in [1.165, 1.54) is 5.56 Å². The van der Waals surface area contributed by atoms with Gasteiger partial charge in [-0.15, -0.1) is 12.4 Å². The van der Waals surface area contributed by atoms with Gasteiger partial charge in [-0.25, -0.2) is 0 Å². The summed E-state index contributed by atoms with van der Waals surface area (Å²) < 4.78 is 0. The lowest BCUT2D eigenvalue weighted by molar-refractivity contribution is 1.39. The number of nitrogens with one attached hydrogen (secondary N) is 2. The molecule has 0 saturated carbocycles. The summed E-state index contributed by atoms with van der Waals surface area (Å²) in [5, 5.41) is 0. The minimum atomic E-state index is 0. The molecule has 2 aromatic carbocycles. The number of hydrogen-bond acceptors (Lipinski definition) is 2. The van der Waals surface area contributed by atoms with Crippen LogP contribution < -0.4 is 10.9 Å². The van der Waals surface area contributed by atoms with Crippen LogP contribution in [0.3, 0.4) is 0 Å². The van der Waals surface area contributed by atoms with E-state index in [0.29, 0.717) is 0 Å². The summed E-state index contributed by atoms with van der Waals surface area (Å²) in [6.07, 6.45) is 0. The molecule has 84 valence electrons. The van der Waals surface area contributed by atoms with Crippen LogP contribution >= 0.6 is 12.4 Å². The van der Waals surface area contributed by atoms with Gasteiger partial charge < -0.3 is 10.9 Å². The zero-order valence-electron chi connectivity index (χ0n) is 9.10. The summed E-state index contributed by atoms with van der Waals surface area (Å²) in [6.45, 7) is 2.08. The number of halogens is 1. The van der Waals surface area contributed by atoms with Crippen molar-refractivity contribution >= 4 is 23.8 Å². The molecule has 0 heterocycles. The van der Waals surface area contributed by atoms with E-state index in [1.807, 2.05) is 42.5 Å². The van der Waals surface area contributed by atoms with Crippen molar-refractivity contribution < 1.29 is 0 Å². The predicted octanol–water partition coefficient (Wildman–Crippen LogP) is 3.86. The Hall–Kier alpha value is -1.67. The van der Waals surface area contributed by atoms with Crippen LogP contribution in [0.5, 0.6) is 0 Å². The Labute approximate surface area is 102 Å². The molecule has 0 fully saturated rings. The zero-order chi connectivity index (χ0) is 10.5. The van der Waals surface area contributed by atoms with Gasteiger partial charge in [0.1, 0.15) is 0 Å². The normalized spacial score (nSPS) is 9.06. The first-order chi connectivity index (χ1) is 7.34. The predicted molar refractivity (Wildman–Crippen MR) is 72.1 cm³/mol. The third kappa shape index (κ3) is 3.48. The van der Waals surface area contributed by atoms with E-state index in [0.717, 1.165) is 11.4 Å². The highest BCUT2D eigenvalue weighted by Crippen LogP contribution is 2.10. The average molecular weight is 235 g/mol. The highest BCUT2D eigenvalue weighted by molar-refractivity contribution is 5.85. The highest BCUT2D eigenvalue weighted by Gasteiger charge is 1.90. The maximum Gasteiger partial charge on any atom is 0.0540 e. The maximum absolute atomic E-state index is 3.14. The fourth-order valence-corrected chi connectivity index (χ4v) is 1.30. The Bertz CT molecular complexity index is 412. The standard InChI is InChI=1S/C13H14N2.ClH/c1-11-7-9-13(10-8-11)15-14-12-5-3-2-4-6-12;/h2-10,14-15H,1H3;1H. The molecule has 2 nitrogen and oxygen atoms in total. The first kappa shape index (κ1) is 12.4. The van der Waals surface area contributed by atoms with E-state index in [1.54, 1.807) is 0 Å². The highest BCUT2D eigenvalue weighted by atomic mass is 35.5.